The van der Waals surface area contributed by atoms with Crippen LogP contribution in [-0.2, 0) is 16.0 Å². The number of aliphatic hydroxyl groups excluding tert-OH is 1. The van der Waals surface area contributed by atoms with E-state index in [2.05, 4.69) is 15.6 Å². The van der Waals surface area contributed by atoms with E-state index >= 15 is 0 Å². The van der Waals surface area contributed by atoms with Gasteiger partial charge in [-0.2, -0.15) is 0 Å². The van der Waals surface area contributed by atoms with Crippen LogP contribution in [0.15, 0.2) is 59.6 Å². The summed E-state index contributed by atoms with van der Waals surface area (Å²) in [7, 11) is 0. The van der Waals surface area contributed by atoms with Crippen LogP contribution in [-0.4, -0.2) is 59.1 Å². The van der Waals surface area contributed by atoms with Gasteiger partial charge in [-0.25, -0.2) is 9.59 Å². The molecule has 0 spiro atoms. The van der Waals surface area contributed by atoms with Gasteiger partial charge in [-0.3, -0.25) is 14.7 Å². The highest BCUT2D eigenvalue weighted by molar-refractivity contribution is 6.06. The van der Waals surface area contributed by atoms with E-state index in [4.69, 9.17) is 5.11 Å². The first-order chi connectivity index (χ1) is 14.9. The number of aliphatic imine (C=N–C) groups is 1. The van der Waals surface area contributed by atoms with Crippen molar-refractivity contribution in [3.05, 3.63) is 60.2 Å². The van der Waals surface area contributed by atoms with Crippen LogP contribution in [0.25, 0.3) is 0 Å². The van der Waals surface area contributed by atoms with Crippen LogP contribution in [0.3, 0.4) is 0 Å². The number of carboxylic acids is 1. The number of rotatable bonds is 7. The molecule has 3 amide bonds. The summed E-state index contributed by atoms with van der Waals surface area (Å²) in [6, 6.07) is 13.2. The molecular formula is C22H24N4O5. The highest BCUT2D eigenvalue weighted by atomic mass is 16.4. The number of aliphatic carboxylic acids is 1. The first-order valence-corrected chi connectivity index (χ1v) is 9.78. The van der Waals surface area contributed by atoms with Crippen molar-refractivity contribution in [1.82, 2.24) is 10.6 Å². The van der Waals surface area contributed by atoms with Crippen LogP contribution in [0, 0.1) is 0 Å². The molecule has 1 aliphatic rings. The summed E-state index contributed by atoms with van der Waals surface area (Å²) >= 11 is 0. The van der Waals surface area contributed by atoms with Gasteiger partial charge in [-0.1, -0.05) is 42.5 Å². The van der Waals surface area contributed by atoms with Crippen LogP contribution >= 0.6 is 0 Å². The first-order valence-electron chi connectivity index (χ1n) is 9.78. The van der Waals surface area contributed by atoms with Crippen LogP contribution in [0.5, 0.6) is 0 Å². The summed E-state index contributed by atoms with van der Waals surface area (Å²) < 4.78 is 0. The van der Waals surface area contributed by atoms with Crippen LogP contribution in [0.4, 0.5) is 16.2 Å². The van der Waals surface area contributed by atoms with Crippen molar-refractivity contribution in [3.8, 4) is 0 Å². The molecule has 31 heavy (non-hydrogen) atoms. The Kier molecular flexibility index (Phi) is 6.99. The van der Waals surface area contributed by atoms with Gasteiger partial charge in [-0.15, -0.1) is 0 Å². The molecule has 0 unspecified atom stereocenters. The molecule has 4 N–H and O–H groups in total. The summed E-state index contributed by atoms with van der Waals surface area (Å²) in [6.07, 6.45) is 0.152. The molecule has 162 valence electrons. The number of nitrogens with one attached hydrogen (secondary N) is 2. The topological polar surface area (TPSA) is 131 Å². The molecule has 2 aromatic rings. The van der Waals surface area contributed by atoms with E-state index in [1.807, 2.05) is 19.1 Å². The molecule has 2 atom stereocenters. The Hall–Kier alpha value is -3.72. The van der Waals surface area contributed by atoms with Gasteiger partial charge in [-0.05, 0) is 24.6 Å². The Morgan fingerprint density at radius 2 is 1.71 bits per heavy atom. The minimum atomic E-state index is -1.47. The predicted octanol–water partition coefficient (Wildman–Crippen LogP) is 1.48. The molecule has 0 fully saturated rings. The van der Waals surface area contributed by atoms with Gasteiger partial charge in [0.1, 0.15) is 12.1 Å². The lowest BCUT2D eigenvalue weighted by Gasteiger charge is -2.30. The molecule has 1 aliphatic heterocycles. The van der Waals surface area contributed by atoms with Crippen molar-refractivity contribution in [2.24, 2.45) is 4.99 Å². The zero-order valence-electron chi connectivity index (χ0n) is 17.0. The molecular weight excluding hydrogens is 400 g/mol. The Bertz CT molecular complexity index is 992. The zero-order chi connectivity index (χ0) is 22.4. The number of carbonyl (C=O) groups is 3. The molecule has 9 heteroatoms. The Morgan fingerprint density at radius 3 is 2.39 bits per heavy atom. The molecule has 0 bridgehead atoms. The number of benzene rings is 2. The standard InChI is InChI=1S/C22H24N4O5/c1-14-12-26(19-10-6-5-9-16(19)23-14)22(31)25-17(11-15-7-3-2-4-8-15)20(28)24-18(13-27)21(29)30/h2-10,17-18,27H,11-13H2,1H3,(H,24,28)(H,25,31)(H,29,30)/t17-,18-/m0/s1. The molecule has 9 nitrogen and oxygen atoms in total. The second-order valence-electron chi connectivity index (χ2n) is 7.20. The average molecular weight is 424 g/mol. The van der Waals surface area contributed by atoms with Gasteiger partial charge >= 0.3 is 12.0 Å². The Balaban J connectivity index is 1.82. The largest absolute Gasteiger partial charge is 0.480 e. The fourth-order valence-corrected chi connectivity index (χ4v) is 3.27. The summed E-state index contributed by atoms with van der Waals surface area (Å²) in [5, 5.41) is 23.4. The van der Waals surface area contributed by atoms with Crippen LogP contribution in [0.1, 0.15) is 12.5 Å². The van der Waals surface area contributed by atoms with Crippen molar-refractivity contribution in [3.63, 3.8) is 0 Å². The van der Waals surface area contributed by atoms with Crippen LogP contribution in [0.2, 0.25) is 0 Å². The highest BCUT2D eigenvalue weighted by Gasteiger charge is 2.30. The number of hydrogen-bond donors (Lipinski definition) is 4. The second kappa shape index (κ2) is 9.86. The highest BCUT2D eigenvalue weighted by Crippen LogP contribution is 2.31. The van der Waals surface area contributed by atoms with E-state index in [-0.39, 0.29) is 13.0 Å². The van der Waals surface area contributed by atoms with E-state index < -0.39 is 36.6 Å². The fraction of sp³-hybridized carbons (Fsp3) is 0.273. The molecule has 0 aromatic heterocycles. The maximum Gasteiger partial charge on any atom is 0.328 e. The maximum atomic E-state index is 13.1. The quantitative estimate of drug-likeness (QED) is 0.535. The van der Waals surface area contributed by atoms with Gasteiger partial charge in [0.05, 0.1) is 24.5 Å². The second-order valence-corrected chi connectivity index (χ2v) is 7.20. The monoisotopic (exact) mass is 424 g/mol. The third-order valence-electron chi connectivity index (χ3n) is 4.81. The molecule has 3 rings (SSSR count). The average Bonchev–Trinajstić information content (AvgIpc) is 2.76. The number of aliphatic hydroxyl groups is 1. The van der Waals surface area contributed by atoms with Gasteiger partial charge in [0.25, 0.3) is 0 Å². The van der Waals surface area contributed by atoms with Gasteiger partial charge in [0.2, 0.25) is 5.91 Å². The van der Waals surface area contributed by atoms with E-state index in [1.54, 1.807) is 42.5 Å². The first kappa shape index (κ1) is 22.0. The molecule has 2 aromatic carbocycles. The van der Waals surface area contributed by atoms with Crippen molar-refractivity contribution in [1.29, 1.82) is 0 Å². The number of carboxylic acid groups (broad SMARTS) is 1. The lowest BCUT2D eigenvalue weighted by molar-refractivity contribution is -0.143. The van der Waals surface area contributed by atoms with Gasteiger partial charge < -0.3 is 20.8 Å². The smallest absolute Gasteiger partial charge is 0.328 e. The van der Waals surface area contributed by atoms with E-state index in [9.17, 15) is 19.5 Å². The summed E-state index contributed by atoms with van der Waals surface area (Å²) in [5.74, 6) is -2.06. The minimum absolute atomic E-state index is 0.152. The van der Waals surface area contributed by atoms with Gasteiger partial charge in [0, 0.05) is 12.1 Å². The van der Waals surface area contributed by atoms with Crippen molar-refractivity contribution >= 4 is 35.0 Å². The number of amides is 3. The van der Waals surface area contributed by atoms with Crippen molar-refractivity contribution < 1.29 is 24.6 Å². The molecule has 0 radical (unpaired) electrons. The van der Waals surface area contributed by atoms with Crippen molar-refractivity contribution in [2.75, 3.05) is 18.1 Å². The number of hydrogen-bond acceptors (Lipinski definition) is 5. The van der Waals surface area contributed by atoms with E-state index in [0.717, 1.165) is 11.3 Å². The molecule has 0 saturated heterocycles. The fourth-order valence-electron chi connectivity index (χ4n) is 3.27. The number of carbonyl (C=O) groups excluding carboxylic acids is 2. The number of anilines is 1. The van der Waals surface area contributed by atoms with E-state index in [0.29, 0.717) is 11.4 Å². The number of para-hydroxylation sites is 2. The summed E-state index contributed by atoms with van der Waals surface area (Å²) in [4.78, 5) is 43.1. The minimum Gasteiger partial charge on any atom is -0.480 e. The Labute approximate surface area is 179 Å². The number of urea groups is 1. The lowest BCUT2D eigenvalue weighted by atomic mass is 10.0. The third-order valence-corrected chi connectivity index (χ3v) is 4.81. The molecule has 0 saturated carbocycles. The van der Waals surface area contributed by atoms with Crippen LogP contribution < -0.4 is 15.5 Å². The Morgan fingerprint density at radius 1 is 1.03 bits per heavy atom. The summed E-state index contributed by atoms with van der Waals surface area (Å²) in [5.41, 5.74) is 2.79. The lowest BCUT2D eigenvalue weighted by Crippen LogP contribution is -2.56. The predicted molar refractivity (Wildman–Crippen MR) is 116 cm³/mol. The maximum absolute atomic E-state index is 13.1. The normalized spacial score (nSPS) is 14.6. The molecule has 0 aliphatic carbocycles. The van der Waals surface area contributed by atoms with E-state index in [1.165, 1.54) is 4.90 Å². The molecule has 1 heterocycles. The summed E-state index contributed by atoms with van der Waals surface area (Å²) in [6.45, 7) is 1.31. The number of fused-ring (bicyclic) bond motifs is 1. The SMILES string of the molecule is CC1=Nc2ccccc2N(C(=O)N[C@@H](Cc2ccccc2)C(=O)N[C@@H](CO)C(=O)O)C1. The number of nitrogens with zero attached hydrogens (tertiary/aromatic N) is 2. The third kappa shape index (κ3) is 5.46. The van der Waals surface area contributed by atoms with Gasteiger partial charge in [0.15, 0.2) is 0 Å². The zero-order valence-corrected chi connectivity index (χ0v) is 17.0. The van der Waals surface area contributed by atoms with Crippen molar-refractivity contribution in [2.45, 2.75) is 25.4 Å².